The van der Waals surface area contributed by atoms with Gasteiger partial charge in [-0.2, -0.15) is 0 Å². The van der Waals surface area contributed by atoms with Gasteiger partial charge in [0.15, 0.2) is 18.1 Å². The summed E-state index contributed by atoms with van der Waals surface area (Å²) in [5.74, 6) is -0.508. The van der Waals surface area contributed by atoms with E-state index in [1.807, 2.05) is 0 Å². The third kappa shape index (κ3) is 5.20. The highest BCUT2D eigenvalue weighted by Gasteiger charge is 2.12. The minimum absolute atomic E-state index is 0.231. The molecular weight excluding hydrogens is 341 g/mol. The molecule has 1 N–H and O–H groups in total. The average molecular weight is 361 g/mol. The summed E-state index contributed by atoms with van der Waals surface area (Å²) in [4.78, 5) is 23.4. The van der Waals surface area contributed by atoms with Crippen molar-refractivity contribution < 1.29 is 28.2 Å². The third-order valence-electron chi connectivity index (χ3n) is 3.62. The lowest BCUT2D eigenvalue weighted by Gasteiger charge is -2.12. The molecule has 0 saturated carbocycles. The number of amides is 1. The van der Waals surface area contributed by atoms with E-state index in [0.29, 0.717) is 35.6 Å². The fourth-order valence-corrected chi connectivity index (χ4v) is 2.26. The van der Waals surface area contributed by atoms with Crippen LogP contribution in [0.25, 0.3) is 0 Å². The Morgan fingerprint density at radius 1 is 1.08 bits per heavy atom. The Morgan fingerprint density at radius 3 is 2.54 bits per heavy atom. The number of rotatable bonds is 8. The molecule has 0 radical (unpaired) electrons. The first kappa shape index (κ1) is 19.2. The van der Waals surface area contributed by atoms with E-state index in [0.717, 1.165) is 0 Å². The van der Waals surface area contributed by atoms with Gasteiger partial charge in [0.2, 0.25) is 0 Å². The normalized spacial score (nSPS) is 10.1. The fraction of sp³-hybridized carbons (Fsp3) is 0.263. The number of nitrogens with one attached hydrogen (secondary N) is 1. The van der Waals surface area contributed by atoms with Gasteiger partial charge in [-0.15, -0.1) is 0 Å². The molecule has 26 heavy (non-hydrogen) atoms. The second-order valence-electron chi connectivity index (χ2n) is 5.34. The van der Waals surface area contributed by atoms with Gasteiger partial charge in [-0.3, -0.25) is 4.79 Å². The predicted molar refractivity (Wildman–Crippen MR) is 92.9 cm³/mol. The monoisotopic (exact) mass is 361 g/mol. The summed E-state index contributed by atoms with van der Waals surface area (Å²) in [5.41, 5.74) is 0.847. The van der Waals surface area contributed by atoms with Crippen LogP contribution in [0.3, 0.4) is 0 Å². The van der Waals surface area contributed by atoms with E-state index in [1.165, 1.54) is 38.5 Å². The Hall–Kier alpha value is -3.09. The maximum Gasteiger partial charge on any atom is 0.337 e. The number of carbonyl (C=O) groups excluding carboxylic acids is 2. The highest BCUT2D eigenvalue weighted by molar-refractivity contribution is 5.90. The van der Waals surface area contributed by atoms with Gasteiger partial charge in [0.1, 0.15) is 5.82 Å². The van der Waals surface area contributed by atoms with Crippen LogP contribution in [0.2, 0.25) is 0 Å². The fourth-order valence-electron chi connectivity index (χ4n) is 2.26. The molecule has 7 heteroatoms. The zero-order valence-electron chi connectivity index (χ0n) is 14.6. The number of methoxy groups -OCH3 is 2. The Bertz CT molecular complexity index is 778. The van der Waals surface area contributed by atoms with E-state index < -0.39 is 5.97 Å². The highest BCUT2D eigenvalue weighted by atomic mass is 19.1. The van der Waals surface area contributed by atoms with Crippen molar-refractivity contribution in [2.45, 2.75) is 6.42 Å². The molecule has 0 atom stereocenters. The molecule has 0 heterocycles. The molecule has 6 nitrogen and oxygen atoms in total. The molecule has 0 aliphatic carbocycles. The summed E-state index contributed by atoms with van der Waals surface area (Å²) in [6, 6.07) is 10.9. The van der Waals surface area contributed by atoms with Crippen LogP contribution in [0.4, 0.5) is 4.39 Å². The molecule has 2 rings (SSSR count). The number of carbonyl (C=O) groups is 2. The van der Waals surface area contributed by atoms with E-state index in [9.17, 15) is 14.0 Å². The van der Waals surface area contributed by atoms with Crippen molar-refractivity contribution >= 4 is 11.9 Å². The van der Waals surface area contributed by atoms with Gasteiger partial charge in [0, 0.05) is 6.54 Å². The first-order valence-corrected chi connectivity index (χ1v) is 7.94. The van der Waals surface area contributed by atoms with Gasteiger partial charge in [-0.1, -0.05) is 18.2 Å². The predicted octanol–water partition coefficient (Wildman–Crippen LogP) is 2.36. The Kier molecular flexibility index (Phi) is 6.96. The lowest BCUT2D eigenvalue weighted by molar-refractivity contribution is -0.123. The standard InChI is InChI=1S/C19H20FNO5/c1-24-17-11-14(19(23)25-2)7-8-16(17)26-12-18(22)21-10-9-13-5-3-4-6-15(13)20/h3-8,11H,9-10,12H2,1-2H3,(H,21,22). The number of esters is 1. The molecule has 0 spiro atoms. The molecular formula is C19H20FNO5. The number of hydrogen-bond acceptors (Lipinski definition) is 5. The van der Waals surface area contributed by atoms with Crippen LogP contribution in [0.1, 0.15) is 15.9 Å². The molecule has 1 amide bonds. The molecule has 0 saturated heterocycles. The van der Waals surface area contributed by atoms with Crippen molar-refractivity contribution in [2.75, 3.05) is 27.4 Å². The van der Waals surface area contributed by atoms with Crippen LogP contribution >= 0.6 is 0 Å². The third-order valence-corrected chi connectivity index (χ3v) is 3.62. The van der Waals surface area contributed by atoms with Crippen molar-refractivity contribution in [3.63, 3.8) is 0 Å². The number of halogens is 1. The van der Waals surface area contributed by atoms with Gasteiger partial charge >= 0.3 is 5.97 Å². The zero-order chi connectivity index (χ0) is 18.9. The van der Waals surface area contributed by atoms with Gasteiger partial charge in [-0.25, -0.2) is 9.18 Å². The molecule has 0 aromatic heterocycles. The molecule has 0 bridgehead atoms. The van der Waals surface area contributed by atoms with Crippen LogP contribution in [0.5, 0.6) is 11.5 Å². The molecule has 0 aliphatic heterocycles. The lowest BCUT2D eigenvalue weighted by atomic mass is 10.1. The molecule has 138 valence electrons. The Labute approximate surface area is 150 Å². The smallest absolute Gasteiger partial charge is 0.337 e. The summed E-state index contributed by atoms with van der Waals surface area (Å²) in [6.07, 6.45) is 0.384. The minimum Gasteiger partial charge on any atom is -0.493 e. The first-order chi connectivity index (χ1) is 12.5. The summed E-state index contributed by atoms with van der Waals surface area (Å²) in [6.45, 7) is 0.0622. The van der Waals surface area contributed by atoms with Gasteiger partial charge in [0.25, 0.3) is 5.91 Å². The topological polar surface area (TPSA) is 73.9 Å². The van der Waals surface area contributed by atoms with E-state index in [-0.39, 0.29) is 18.3 Å². The van der Waals surface area contributed by atoms with Crippen molar-refractivity contribution in [1.29, 1.82) is 0 Å². The van der Waals surface area contributed by atoms with Crippen molar-refractivity contribution in [1.82, 2.24) is 5.32 Å². The van der Waals surface area contributed by atoms with Crippen LogP contribution in [-0.4, -0.2) is 39.2 Å². The van der Waals surface area contributed by atoms with Gasteiger partial charge < -0.3 is 19.5 Å². The number of ether oxygens (including phenoxy) is 3. The second kappa shape index (κ2) is 9.41. The molecule has 2 aromatic rings. The largest absolute Gasteiger partial charge is 0.493 e. The van der Waals surface area contributed by atoms with E-state index in [1.54, 1.807) is 18.2 Å². The van der Waals surface area contributed by atoms with Crippen LogP contribution in [0.15, 0.2) is 42.5 Å². The van der Waals surface area contributed by atoms with Crippen molar-refractivity contribution in [2.24, 2.45) is 0 Å². The van der Waals surface area contributed by atoms with Crippen molar-refractivity contribution in [3.05, 3.63) is 59.4 Å². The summed E-state index contributed by atoms with van der Waals surface area (Å²) < 4.78 is 28.7. The highest BCUT2D eigenvalue weighted by Crippen LogP contribution is 2.28. The number of benzene rings is 2. The first-order valence-electron chi connectivity index (χ1n) is 7.94. The molecule has 2 aromatic carbocycles. The van der Waals surface area contributed by atoms with Crippen molar-refractivity contribution in [3.8, 4) is 11.5 Å². The summed E-state index contributed by atoms with van der Waals surface area (Å²) in [7, 11) is 2.71. The summed E-state index contributed by atoms with van der Waals surface area (Å²) in [5, 5.41) is 2.66. The minimum atomic E-state index is -0.499. The van der Waals surface area contributed by atoms with Crippen LogP contribution < -0.4 is 14.8 Å². The van der Waals surface area contributed by atoms with E-state index >= 15 is 0 Å². The zero-order valence-corrected chi connectivity index (χ0v) is 14.6. The maximum absolute atomic E-state index is 13.5. The molecule has 0 fully saturated rings. The maximum atomic E-state index is 13.5. The lowest BCUT2D eigenvalue weighted by Crippen LogP contribution is -2.30. The van der Waals surface area contributed by atoms with E-state index in [4.69, 9.17) is 9.47 Å². The number of hydrogen-bond donors (Lipinski definition) is 1. The quantitative estimate of drug-likeness (QED) is 0.731. The van der Waals surface area contributed by atoms with Crippen LogP contribution in [-0.2, 0) is 16.0 Å². The molecule has 0 aliphatic rings. The summed E-state index contributed by atoms with van der Waals surface area (Å²) >= 11 is 0. The SMILES string of the molecule is COC(=O)c1ccc(OCC(=O)NCCc2ccccc2F)c(OC)c1. The van der Waals surface area contributed by atoms with E-state index in [2.05, 4.69) is 10.1 Å². The van der Waals surface area contributed by atoms with Gasteiger partial charge in [0.05, 0.1) is 19.8 Å². The Morgan fingerprint density at radius 2 is 1.85 bits per heavy atom. The Balaban J connectivity index is 1.85. The van der Waals surface area contributed by atoms with Crippen LogP contribution in [0, 0.1) is 5.82 Å². The van der Waals surface area contributed by atoms with Gasteiger partial charge in [-0.05, 0) is 36.2 Å². The second-order valence-corrected chi connectivity index (χ2v) is 5.34. The average Bonchev–Trinajstić information content (AvgIpc) is 2.67. The molecule has 0 unspecified atom stereocenters.